The Bertz CT molecular complexity index is 1510. The van der Waals surface area contributed by atoms with Crippen LogP contribution in [0.15, 0.2) is 77.7 Å². The van der Waals surface area contributed by atoms with Crippen LogP contribution in [0.3, 0.4) is 0 Å². The molecular weight excluding hydrogens is 572 g/mol. The molecule has 42 heavy (non-hydrogen) atoms. The lowest BCUT2D eigenvalue weighted by atomic mass is 9.98. The summed E-state index contributed by atoms with van der Waals surface area (Å²) in [5.41, 5.74) is 2.54. The number of ether oxygens (including phenoxy) is 1. The largest absolute Gasteiger partial charge is 0.495 e. The van der Waals surface area contributed by atoms with Gasteiger partial charge in [-0.15, -0.1) is 0 Å². The smallest absolute Gasteiger partial charge is 0.254 e. The summed E-state index contributed by atoms with van der Waals surface area (Å²) in [6.45, 7) is 9.39. The summed E-state index contributed by atoms with van der Waals surface area (Å²) in [6.07, 6.45) is 0. The molecule has 2 heterocycles. The van der Waals surface area contributed by atoms with E-state index in [1.807, 2.05) is 47.4 Å². The van der Waals surface area contributed by atoms with Gasteiger partial charge in [0, 0.05) is 73.7 Å². The normalized spacial score (nSPS) is 22.3. The van der Waals surface area contributed by atoms with Crippen molar-refractivity contribution >= 4 is 33.2 Å². The van der Waals surface area contributed by atoms with Crippen LogP contribution in [-0.4, -0.2) is 86.4 Å². The van der Waals surface area contributed by atoms with Crippen molar-refractivity contribution in [3.05, 3.63) is 88.9 Å². The minimum Gasteiger partial charge on any atom is -0.495 e. The number of sulfonamides is 1. The Morgan fingerprint density at radius 2 is 1.62 bits per heavy atom. The second-order valence-electron chi connectivity index (χ2n) is 11.2. The van der Waals surface area contributed by atoms with Crippen molar-refractivity contribution in [2.75, 3.05) is 44.7 Å². The van der Waals surface area contributed by atoms with E-state index in [1.54, 1.807) is 12.1 Å². The van der Waals surface area contributed by atoms with Crippen molar-refractivity contribution in [2.45, 2.75) is 50.3 Å². The fourth-order valence-electron chi connectivity index (χ4n) is 6.03. The van der Waals surface area contributed by atoms with E-state index < -0.39 is 10.0 Å². The third kappa shape index (κ3) is 6.15. The van der Waals surface area contributed by atoms with Gasteiger partial charge < -0.3 is 14.5 Å². The number of methoxy groups -OCH3 is 1. The maximum Gasteiger partial charge on any atom is 0.254 e. The van der Waals surface area contributed by atoms with Gasteiger partial charge in [0.15, 0.2) is 0 Å². The van der Waals surface area contributed by atoms with Crippen LogP contribution < -0.4 is 9.64 Å². The lowest BCUT2D eigenvalue weighted by molar-refractivity contribution is -0.00152. The zero-order chi connectivity index (χ0) is 30.0. The van der Waals surface area contributed by atoms with E-state index in [2.05, 4.69) is 42.7 Å². The zero-order valence-electron chi connectivity index (χ0n) is 24.6. The van der Waals surface area contributed by atoms with E-state index in [1.165, 1.54) is 23.0 Å². The molecule has 5 rings (SSSR count). The van der Waals surface area contributed by atoms with Crippen molar-refractivity contribution in [3.8, 4) is 5.75 Å². The van der Waals surface area contributed by atoms with Crippen LogP contribution in [0, 0.1) is 0 Å². The molecule has 10 heteroatoms. The topological polar surface area (TPSA) is 73.4 Å². The SMILES string of the molecule is COc1ccc(C(=O)N2CC(C)N(Cc3ccccc3)C(C)C2C)cc1S(=O)(=O)N1CCN(c2cccc(Cl)c2)CC1. The molecular formula is C32H39ClN4O4S. The van der Waals surface area contributed by atoms with Crippen LogP contribution in [0.25, 0.3) is 0 Å². The van der Waals surface area contributed by atoms with Gasteiger partial charge >= 0.3 is 0 Å². The number of hydrogen-bond donors (Lipinski definition) is 0. The first-order valence-electron chi connectivity index (χ1n) is 14.4. The molecule has 3 atom stereocenters. The van der Waals surface area contributed by atoms with Gasteiger partial charge in [-0.1, -0.05) is 48.0 Å². The number of benzene rings is 3. The molecule has 0 spiro atoms. The Kier molecular flexibility index (Phi) is 9.13. The average Bonchev–Trinajstić information content (AvgIpc) is 3.01. The molecule has 224 valence electrons. The van der Waals surface area contributed by atoms with E-state index in [0.717, 1.165) is 12.2 Å². The van der Waals surface area contributed by atoms with E-state index in [4.69, 9.17) is 16.3 Å². The first-order valence-corrected chi connectivity index (χ1v) is 16.2. The van der Waals surface area contributed by atoms with Crippen LogP contribution in [0.1, 0.15) is 36.7 Å². The lowest BCUT2D eigenvalue weighted by Crippen LogP contribution is -2.62. The van der Waals surface area contributed by atoms with Crippen LogP contribution >= 0.6 is 11.6 Å². The van der Waals surface area contributed by atoms with Gasteiger partial charge in [0.2, 0.25) is 10.0 Å². The molecule has 3 aromatic rings. The molecule has 0 aromatic heterocycles. The van der Waals surface area contributed by atoms with Gasteiger partial charge in [0.25, 0.3) is 5.91 Å². The number of halogens is 1. The van der Waals surface area contributed by atoms with Crippen LogP contribution in [-0.2, 0) is 16.6 Å². The quantitative estimate of drug-likeness (QED) is 0.376. The average molecular weight is 611 g/mol. The molecule has 3 aromatic carbocycles. The Labute approximate surface area is 254 Å². The van der Waals surface area contributed by atoms with Gasteiger partial charge in [-0.25, -0.2) is 8.42 Å². The Balaban J connectivity index is 1.33. The second-order valence-corrected chi connectivity index (χ2v) is 13.5. The minimum absolute atomic E-state index is 0.0171. The van der Waals surface area contributed by atoms with Gasteiger partial charge in [-0.05, 0) is 62.7 Å². The number of carbonyl (C=O) groups excluding carboxylic acids is 1. The molecule has 0 radical (unpaired) electrons. The van der Waals surface area contributed by atoms with E-state index in [-0.39, 0.29) is 34.7 Å². The van der Waals surface area contributed by atoms with Crippen LogP contribution in [0.2, 0.25) is 5.02 Å². The number of piperazine rings is 2. The molecule has 0 bridgehead atoms. The van der Waals surface area contributed by atoms with Gasteiger partial charge in [-0.3, -0.25) is 9.69 Å². The molecule has 2 fully saturated rings. The van der Waals surface area contributed by atoms with Crippen LogP contribution in [0.5, 0.6) is 5.75 Å². The maximum absolute atomic E-state index is 13.9. The summed E-state index contributed by atoms with van der Waals surface area (Å²) in [4.78, 5) is 20.3. The molecule has 8 nitrogen and oxygen atoms in total. The molecule has 0 saturated carbocycles. The first-order chi connectivity index (χ1) is 20.1. The third-order valence-corrected chi connectivity index (χ3v) is 10.8. The molecule has 2 aliphatic heterocycles. The molecule has 3 unspecified atom stereocenters. The van der Waals surface area contributed by atoms with Gasteiger partial charge in [0.05, 0.1) is 7.11 Å². The molecule has 2 saturated heterocycles. The molecule has 1 amide bonds. The number of nitrogens with zero attached hydrogens (tertiary/aromatic N) is 4. The van der Waals surface area contributed by atoms with Gasteiger partial charge in [-0.2, -0.15) is 4.31 Å². The molecule has 0 aliphatic carbocycles. The van der Waals surface area contributed by atoms with Crippen LogP contribution in [0.4, 0.5) is 5.69 Å². The summed E-state index contributed by atoms with van der Waals surface area (Å²) < 4.78 is 34.7. The van der Waals surface area contributed by atoms with E-state index >= 15 is 0 Å². The fraction of sp³-hybridized carbons (Fsp3) is 0.406. The maximum atomic E-state index is 13.9. The number of hydrogen-bond acceptors (Lipinski definition) is 6. The van der Waals surface area contributed by atoms with Crippen molar-refractivity contribution in [3.63, 3.8) is 0 Å². The van der Waals surface area contributed by atoms with Crippen molar-refractivity contribution in [2.24, 2.45) is 0 Å². The summed E-state index contributed by atoms with van der Waals surface area (Å²) in [5, 5.41) is 0.643. The number of rotatable bonds is 7. The predicted molar refractivity (Wildman–Crippen MR) is 167 cm³/mol. The Morgan fingerprint density at radius 3 is 2.29 bits per heavy atom. The predicted octanol–water partition coefficient (Wildman–Crippen LogP) is 4.98. The fourth-order valence-corrected chi connectivity index (χ4v) is 7.82. The highest BCUT2D eigenvalue weighted by atomic mass is 35.5. The Morgan fingerprint density at radius 1 is 0.905 bits per heavy atom. The highest BCUT2D eigenvalue weighted by Gasteiger charge is 2.38. The summed E-state index contributed by atoms with van der Waals surface area (Å²) in [7, 11) is -2.46. The first kappa shape index (κ1) is 30.4. The third-order valence-electron chi connectivity index (χ3n) is 8.65. The standard InChI is InChI=1S/C32H39ClN4O4S/c1-23-21-37(25(3)24(2)36(23)22-26-9-6-5-7-10-26)32(38)27-13-14-30(41-4)31(19-27)42(39,40)35-17-15-34(16-18-35)29-12-8-11-28(33)20-29/h5-14,19-20,23-25H,15-18,21-22H2,1-4H3. The van der Waals surface area contributed by atoms with Crippen molar-refractivity contribution < 1.29 is 17.9 Å². The molecule has 2 aliphatic rings. The monoisotopic (exact) mass is 610 g/mol. The van der Waals surface area contributed by atoms with E-state index in [9.17, 15) is 13.2 Å². The van der Waals surface area contributed by atoms with Crippen molar-refractivity contribution in [1.82, 2.24) is 14.1 Å². The van der Waals surface area contributed by atoms with Gasteiger partial charge in [0.1, 0.15) is 10.6 Å². The number of amides is 1. The highest BCUT2D eigenvalue weighted by Crippen LogP contribution is 2.32. The Hall–Kier alpha value is -3.11. The highest BCUT2D eigenvalue weighted by molar-refractivity contribution is 7.89. The summed E-state index contributed by atoms with van der Waals surface area (Å²) >= 11 is 6.16. The second kappa shape index (κ2) is 12.6. The number of carbonyl (C=O) groups is 1. The molecule has 0 N–H and O–H groups in total. The summed E-state index contributed by atoms with van der Waals surface area (Å²) in [5.74, 6) is 0.0525. The minimum atomic E-state index is -3.91. The van der Waals surface area contributed by atoms with Crippen molar-refractivity contribution in [1.29, 1.82) is 0 Å². The summed E-state index contributed by atoms with van der Waals surface area (Å²) in [6, 6.07) is 22.8. The lowest BCUT2D eigenvalue weighted by Gasteiger charge is -2.49. The zero-order valence-corrected chi connectivity index (χ0v) is 26.2. The number of anilines is 1. The van der Waals surface area contributed by atoms with E-state index in [0.29, 0.717) is 43.3 Å².